The van der Waals surface area contributed by atoms with Gasteiger partial charge in [0.1, 0.15) is 0 Å². The number of nitrogens with zero attached hydrogens (tertiary/aromatic N) is 2. The Morgan fingerprint density at radius 3 is 2.81 bits per heavy atom. The van der Waals surface area contributed by atoms with Gasteiger partial charge in [0.05, 0.1) is 6.10 Å². The Kier molecular flexibility index (Phi) is 11.3. The molecule has 0 bridgehead atoms. The fourth-order valence-corrected chi connectivity index (χ4v) is 2.98. The van der Waals surface area contributed by atoms with Crippen LogP contribution in [0.3, 0.4) is 0 Å². The SMILES string of the molecule is CCNC(=NCCC1CCCO1)NCCc1cccc(C(=O)N(C)C)c1.I. The molecule has 0 aliphatic carbocycles. The number of hydrogen-bond acceptors (Lipinski definition) is 3. The average molecular weight is 488 g/mol. The molecular weight excluding hydrogens is 455 g/mol. The zero-order valence-electron chi connectivity index (χ0n) is 16.7. The molecule has 1 heterocycles. The second-order valence-electron chi connectivity index (χ2n) is 6.76. The Morgan fingerprint density at radius 2 is 2.15 bits per heavy atom. The first-order valence-electron chi connectivity index (χ1n) is 9.54. The fourth-order valence-electron chi connectivity index (χ4n) is 2.98. The Hall–Kier alpha value is -1.35. The van der Waals surface area contributed by atoms with Crippen molar-refractivity contribution in [2.75, 3.05) is 40.3 Å². The maximum atomic E-state index is 12.1. The summed E-state index contributed by atoms with van der Waals surface area (Å²) < 4.78 is 5.64. The smallest absolute Gasteiger partial charge is 0.253 e. The Morgan fingerprint density at radius 1 is 1.33 bits per heavy atom. The molecule has 27 heavy (non-hydrogen) atoms. The first-order chi connectivity index (χ1) is 12.6. The van der Waals surface area contributed by atoms with Gasteiger partial charge in [-0.25, -0.2) is 0 Å². The van der Waals surface area contributed by atoms with Crippen LogP contribution in [0, 0.1) is 0 Å². The van der Waals surface area contributed by atoms with E-state index in [0.717, 1.165) is 62.6 Å². The number of carbonyl (C=O) groups excluding carboxylic acids is 1. The van der Waals surface area contributed by atoms with Crippen molar-refractivity contribution in [2.24, 2.45) is 4.99 Å². The molecule has 0 radical (unpaired) electrons. The van der Waals surface area contributed by atoms with Crippen molar-refractivity contribution < 1.29 is 9.53 Å². The topological polar surface area (TPSA) is 66.0 Å². The Balaban J connectivity index is 0.00000364. The molecule has 0 saturated carbocycles. The standard InChI is InChI=1S/C20H32N4O2.HI/c1-4-21-20(23-13-11-18-9-6-14-26-18)22-12-10-16-7-5-8-17(15-16)19(25)24(2)3;/h5,7-8,15,18H,4,6,9-14H2,1-3H3,(H2,21,22,23);1H. The van der Waals surface area contributed by atoms with Crippen LogP contribution in [0.5, 0.6) is 0 Å². The molecule has 152 valence electrons. The number of benzene rings is 1. The van der Waals surface area contributed by atoms with Crippen molar-refractivity contribution in [2.45, 2.75) is 38.7 Å². The van der Waals surface area contributed by atoms with Crippen LogP contribution in [-0.4, -0.2) is 63.2 Å². The minimum atomic E-state index is 0. The second kappa shape index (κ2) is 12.9. The molecule has 1 atom stereocenters. The lowest BCUT2D eigenvalue weighted by molar-refractivity contribution is 0.0827. The van der Waals surface area contributed by atoms with Crippen LogP contribution >= 0.6 is 24.0 Å². The lowest BCUT2D eigenvalue weighted by atomic mass is 10.1. The van der Waals surface area contributed by atoms with Crippen molar-refractivity contribution in [1.29, 1.82) is 0 Å². The maximum Gasteiger partial charge on any atom is 0.253 e. The van der Waals surface area contributed by atoms with Gasteiger partial charge in [-0.15, -0.1) is 24.0 Å². The summed E-state index contributed by atoms with van der Waals surface area (Å²) in [5, 5.41) is 6.64. The summed E-state index contributed by atoms with van der Waals surface area (Å²) in [6.07, 6.45) is 4.51. The Bertz CT molecular complexity index is 601. The van der Waals surface area contributed by atoms with Gasteiger partial charge in [-0.3, -0.25) is 9.79 Å². The summed E-state index contributed by atoms with van der Waals surface area (Å²) in [5.74, 6) is 0.870. The van der Waals surface area contributed by atoms with Gasteiger partial charge >= 0.3 is 0 Å². The average Bonchev–Trinajstić information content (AvgIpc) is 3.14. The highest BCUT2D eigenvalue weighted by Crippen LogP contribution is 2.14. The van der Waals surface area contributed by atoms with Crippen molar-refractivity contribution in [3.63, 3.8) is 0 Å². The number of halogens is 1. The van der Waals surface area contributed by atoms with Gasteiger partial charge in [-0.1, -0.05) is 12.1 Å². The molecule has 6 nitrogen and oxygen atoms in total. The van der Waals surface area contributed by atoms with E-state index in [1.54, 1.807) is 19.0 Å². The van der Waals surface area contributed by atoms with Gasteiger partial charge in [0, 0.05) is 45.9 Å². The van der Waals surface area contributed by atoms with Gasteiger partial charge in [0.15, 0.2) is 5.96 Å². The minimum absolute atomic E-state index is 0. The lowest BCUT2D eigenvalue weighted by Gasteiger charge is -2.13. The van der Waals surface area contributed by atoms with Crippen LogP contribution in [-0.2, 0) is 11.2 Å². The molecule has 1 saturated heterocycles. The lowest BCUT2D eigenvalue weighted by Crippen LogP contribution is -2.38. The zero-order chi connectivity index (χ0) is 18.8. The highest BCUT2D eigenvalue weighted by Gasteiger charge is 2.14. The molecule has 0 spiro atoms. The number of rotatable bonds is 8. The monoisotopic (exact) mass is 488 g/mol. The van der Waals surface area contributed by atoms with E-state index in [4.69, 9.17) is 4.74 Å². The number of ether oxygens (including phenoxy) is 1. The van der Waals surface area contributed by atoms with E-state index in [1.807, 2.05) is 18.2 Å². The third kappa shape index (κ3) is 8.47. The predicted octanol–water partition coefficient (Wildman–Crippen LogP) is 2.67. The quantitative estimate of drug-likeness (QED) is 0.336. The van der Waals surface area contributed by atoms with Gasteiger partial charge in [0.2, 0.25) is 0 Å². The summed E-state index contributed by atoms with van der Waals surface area (Å²) in [7, 11) is 3.54. The first-order valence-corrected chi connectivity index (χ1v) is 9.54. The molecule has 1 amide bonds. The van der Waals surface area contributed by atoms with E-state index in [1.165, 1.54) is 6.42 Å². The van der Waals surface area contributed by atoms with Crippen LogP contribution in [0.2, 0.25) is 0 Å². The predicted molar refractivity (Wildman–Crippen MR) is 121 cm³/mol. The van der Waals surface area contributed by atoms with Crippen LogP contribution in [0.1, 0.15) is 42.1 Å². The van der Waals surface area contributed by atoms with Gasteiger partial charge < -0.3 is 20.3 Å². The van der Waals surface area contributed by atoms with Crippen LogP contribution in [0.15, 0.2) is 29.3 Å². The summed E-state index contributed by atoms with van der Waals surface area (Å²) in [6, 6.07) is 7.81. The number of nitrogens with one attached hydrogen (secondary N) is 2. The van der Waals surface area contributed by atoms with Crippen molar-refractivity contribution in [3.05, 3.63) is 35.4 Å². The van der Waals surface area contributed by atoms with E-state index in [2.05, 4.69) is 28.6 Å². The Labute approximate surface area is 180 Å². The molecule has 2 rings (SSSR count). The molecule has 1 aliphatic rings. The number of hydrogen-bond donors (Lipinski definition) is 2. The summed E-state index contributed by atoms with van der Waals surface area (Å²) in [6.45, 7) is 5.33. The van der Waals surface area contributed by atoms with Crippen LogP contribution < -0.4 is 10.6 Å². The third-order valence-electron chi connectivity index (χ3n) is 4.38. The highest BCUT2D eigenvalue weighted by molar-refractivity contribution is 14.0. The van der Waals surface area contributed by atoms with Crippen molar-refractivity contribution in [1.82, 2.24) is 15.5 Å². The van der Waals surface area contributed by atoms with Gasteiger partial charge in [-0.2, -0.15) is 0 Å². The largest absolute Gasteiger partial charge is 0.378 e. The molecule has 1 aromatic carbocycles. The number of aliphatic imine (C=N–C) groups is 1. The molecule has 1 unspecified atom stereocenters. The van der Waals surface area contributed by atoms with Crippen LogP contribution in [0.4, 0.5) is 0 Å². The highest BCUT2D eigenvalue weighted by atomic mass is 127. The minimum Gasteiger partial charge on any atom is -0.378 e. The van der Waals surface area contributed by atoms with E-state index >= 15 is 0 Å². The van der Waals surface area contributed by atoms with E-state index in [9.17, 15) is 4.79 Å². The van der Waals surface area contributed by atoms with E-state index in [0.29, 0.717) is 6.10 Å². The molecule has 1 fully saturated rings. The van der Waals surface area contributed by atoms with Gasteiger partial charge in [0.25, 0.3) is 5.91 Å². The molecule has 7 heteroatoms. The second-order valence-corrected chi connectivity index (χ2v) is 6.76. The molecule has 1 aromatic rings. The zero-order valence-corrected chi connectivity index (χ0v) is 19.0. The van der Waals surface area contributed by atoms with Crippen molar-refractivity contribution >= 4 is 35.8 Å². The number of amides is 1. The van der Waals surface area contributed by atoms with Gasteiger partial charge in [-0.05, 0) is 50.3 Å². The van der Waals surface area contributed by atoms with E-state index < -0.39 is 0 Å². The molecule has 0 aromatic heterocycles. The normalized spacial score (nSPS) is 16.6. The third-order valence-corrected chi connectivity index (χ3v) is 4.38. The molecular formula is C20H33IN4O2. The van der Waals surface area contributed by atoms with Crippen LogP contribution in [0.25, 0.3) is 0 Å². The fraction of sp³-hybridized carbons (Fsp3) is 0.600. The number of guanidine groups is 1. The van der Waals surface area contributed by atoms with E-state index in [-0.39, 0.29) is 29.9 Å². The first kappa shape index (κ1) is 23.7. The summed E-state index contributed by atoms with van der Waals surface area (Å²) in [5.41, 5.74) is 1.87. The summed E-state index contributed by atoms with van der Waals surface area (Å²) in [4.78, 5) is 18.3. The maximum absolute atomic E-state index is 12.1. The molecule has 1 aliphatic heterocycles. The number of carbonyl (C=O) groups is 1. The molecule has 2 N–H and O–H groups in total. The summed E-state index contributed by atoms with van der Waals surface area (Å²) >= 11 is 0. The van der Waals surface area contributed by atoms with Crippen molar-refractivity contribution in [3.8, 4) is 0 Å².